The number of esters is 1. The SMILES string of the molecule is COC(=O)c1ccccc1-c1ccc(/C=C2\SC(=O)N(Cc3cccc(Cl)c3)C2=O)o1. The van der Waals surface area contributed by atoms with E-state index in [4.69, 9.17) is 20.8 Å². The van der Waals surface area contributed by atoms with Gasteiger partial charge in [0.1, 0.15) is 11.5 Å². The molecule has 4 rings (SSSR count). The molecule has 1 aliphatic rings. The van der Waals surface area contributed by atoms with Crippen molar-refractivity contribution in [1.29, 1.82) is 0 Å². The first kappa shape index (κ1) is 21.0. The summed E-state index contributed by atoms with van der Waals surface area (Å²) >= 11 is 6.83. The molecular formula is C23H16ClNO5S. The summed E-state index contributed by atoms with van der Waals surface area (Å²) in [6.45, 7) is 0.137. The summed E-state index contributed by atoms with van der Waals surface area (Å²) in [4.78, 5) is 38.5. The predicted octanol–water partition coefficient (Wildman–Crippen LogP) is 5.62. The number of hydrogen-bond acceptors (Lipinski definition) is 6. The van der Waals surface area contributed by atoms with Crippen LogP contribution in [0.2, 0.25) is 5.02 Å². The van der Waals surface area contributed by atoms with Crippen molar-refractivity contribution in [2.45, 2.75) is 6.54 Å². The van der Waals surface area contributed by atoms with Crippen LogP contribution in [0.25, 0.3) is 17.4 Å². The second kappa shape index (κ2) is 8.83. The maximum absolute atomic E-state index is 12.7. The summed E-state index contributed by atoms with van der Waals surface area (Å²) < 4.78 is 10.6. The highest BCUT2D eigenvalue weighted by molar-refractivity contribution is 8.18. The van der Waals surface area contributed by atoms with Gasteiger partial charge in [-0.25, -0.2) is 4.79 Å². The number of rotatable bonds is 5. The smallest absolute Gasteiger partial charge is 0.338 e. The molecule has 1 aromatic heterocycles. The van der Waals surface area contributed by atoms with Crippen LogP contribution >= 0.6 is 23.4 Å². The highest BCUT2D eigenvalue weighted by Crippen LogP contribution is 2.35. The lowest BCUT2D eigenvalue weighted by Gasteiger charge is -2.12. The van der Waals surface area contributed by atoms with E-state index in [-0.39, 0.29) is 16.7 Å². The van der Waals surface area contributed by atoms with E-state index < -0.39 is 11.9 Å². The topological polar surface area (TPSA) is 76.8 Å². The van der Waals surface area contributed by atoms with Crippen molar-refractivity contribution in [3.63, 3.8) is 0 Å². The Hall–Kier alpha value is -3.29. The molecule has 1 saturated heterocycles. The fraction of sp³-hybridized carbons (Fsp3) is 0.0870. The summed E-state index contributed by atoms with van der Waals surface area (Å²) in [5.41, 5.74) is 1.70. The van der Waals surface area contributed by atoms with Crippen molar-refractivity contribution in [2.75, 3.05) is 7.11 Å². The van der Waals surface area contributed by atoms with Gasteiger partial charge in [-0.15, -0.1) is 0 Å². The largest absolute Gasteiger partial charge is 0.465 e. The number of carbonyl (C=O) groups is 3. The zero-order chi connectivity index (χ0) is 22.0. The molecule has 2 heterocycles. The second-order valence-electron chi connectivity index (χ2n) is 6.64. The monoisotopic (exact) mass is 453 g/mol. The number of benzene rings is 2. The van der Waals surface area contributed by atoms with Crippen LogP contribution in [0.5, 0.6) is 0 Å². The Morgan fingerprint density at radius 1 is 1.13 bits per heavy atom. The van der Waals surface area contributed by atoms with Gasteiger partial charge in [-0.1, -0.05) is 41.9 Å². The van der Waals surface area contributed by atoms with Crippen LogP contribution in [0.4, 0.5) is 4.79 Å². The van der Waals surface area contributed by atoms with Crippen molar-refractivity contribution in [2.24, 2.45) is 0 Å². The summed E-state index contributed by atoms with van der Waals surface area (Å²) in [5.74, 6) is -0.0353. The number of furan rings is 1. The van der Waals surface area contributed by atoms with Crippen LogP contribution in [0.15, 0.2) is 70.0 Å². The van der Waals surface area contributed by atoms with E-state index in [0.29, 0.717) is 27.7 Å². The highest BCUT2D eigenvalue weighted by atomic mass is 35.5. The van der Waals surface area contributed by atoms with Crippen LogP contribution in [0.1, 0.15) is 21.7 Å². The zero-order valence-electron chi connectivity index (χ0n) is 16.3. The van der Waals surface area contributed by atoms with Gasteiger partial charge in [0.25, 0.3) is 11.1 Å². The molecule has 0 atom stereocenters. The van der Waals surface area contributed by atoms with Crippen LogP contribution in [0.3, 0.4) is 0 Å². The quantitative estimate of drug-likeness (QED) is 0.368. The summed E-state index contributed by atoms with van der Waals surface area (Å²) in [6, 6.07) is 17.3. The van der Waals surface area contributed by atoms with Crippen LogP contribution in [0, 0.1) is 0 Å². The molecule has 0 radical (unpaired) electrons. The van der Waals surface area contributed by atoms with Crippen molar-refractivity contribution >= 4 is 46.6 Å². The fourth-order valence-corrected chi connectivity index (χ4v) is 4.18. The number of thioether (sulfide) groups is 1. The molecule has 3 aromatic rings. The van der Waals surface area contributed by atoms with Gasteiger partial charge in [0.05, 0.1) is 24.1 Å². The van der Waals surface area contributed by atoms with Crippen LogP contribution < -0.4 is 0 Å². The van der Waals surface area contributed by atoms with E-state index in [1.54, 1.807) is 60.7 Å². The normalized spacial score (nSPS) is 15.0. The van der Waals surface area contributed by atoms with E-state index in [9.17, 15) is 14.4 Å². The minimum atomic E-state index is -0.476. The molecule has 156 valence electrons. The van der Waals surface area contributed by atoms with Gasteiger partial charge in [-0.2, -0.15) is 0 Å². The van der Waals surface area contributed by atoms with E-state index >= 15 is 0 Å². The van der Waals surface area contributed by atoms with E-state index in [1.165, 1.54) is 18.1 Å². The molecule has 0 aliphatic carbocycles. The molecule has 2 amide bonds. The maximum atomic E-state index is 12.7. The highest BCUT2D eigenvalue weighted by Gasteiger charge is 2.35. The van der Waals surface area contributed by atoms with Gasteiger partial charge < -0.3 is 9.15 Å². The molecule has 31 heavy (non-hydrogen) atoms. The minimum Gasteiger partial charge on any atom is -0.465 e. The fourth-order valence-electron chi connectivity index (χ4n) is 3.14. The van der Waals surface area contributed by atoms with E-state index in [0.717, 1.165) is 17.3 Å². The molecule has 8 heteroatoms. The number of halogens is 1. The Morgan fingerprint density at radius 3 is 2.71 bits per heavy atom. The lowest BCUT2D eigenvalue weighted by atomic mass is 10.1. The number of methoxy groups -OCH3 is 1. The van der Waals surface area contributed by atoms with Crippen molar-refractivity contribution in [3.05, 3.63) is 87.5 Å². The molecule has 6 nitrogen and oxygen atoms in total. The van der Waals surface area contributed by atoms with Gasteiger partial charge in [0, 0.05) is 16.7 Å². The third kappa shape index (κ3) is 4.42. The van der Waals surface area contributed by atoms with Crippen LogP contribution in [-0.4, -0.2) is 29.1 Å². The molecule has 0 spiro atoms. The van der Waals surface area contributed by atoms with Gasteiger partial charge in [-0.05, 0) is 47.7 Å². The third-order valence-electron chi connectivity index (χ3n) is 4.60. The standard InChI is InChI=1S/C23H16ClNO5S/c1-29-22(27)18-8-3-2-7-17(18)19-10-9-16(30-19)12-20-21(26)25(23(28)31-20)13-14-5-4-6-15(24)11-14/h2-12H,13H2,1H3/b20-12-. The van der Waals surface area contributed by atoms with Gasteiger partial charge in [0.15, 0.2) is 0 Å². The first-order chi connectivity index (χ1) is 15.0. The minimum absolute atomic E-state index is 0.137. The predicted molar refractivity (Wildman–Crippen MR) is 118 cm³/mol. The second-order valence-corrected chi connectivity index (χ2v) is 8.07. The van der Waals surface area contributed by atoms with Crippen molar-refractivity contribution in [1.82, 2.24) is 4.90 Å². The first-order valence-electron chi connectivity index (χ1n) is 9.23. The number of imide groups is 1. The number of amides is 2. The molecule has 2 aromatic carbocycles. The molecule has 1 aliphatic heterocycles. The van der Waals surface area contributed by atoms with Crippen LogP contribution in [-0.2, 0) is 16.1 Å². The number of hydrogen-bond donors (Lipinski definition) is 0. The molecule has 0 unspecified atom stereocenters. The molecule has 0 saturated carbocycles. The maximum Gasteiger partial charge on any atom is 0.338 e. The van der Waals surface area contributed by atoms with E-state index in [1.807, 2.05) is 0 Å². The van der Waals surface area contributed by atoms with Gasteiger partial charge in [-0.3, -0.25) is 14.5 Å². The summed E-state index contributed by atoms with van der Waals surface area (Å²) in [7, 11) is 1.31. The van der Waals surface area contributed by atoms with Gasteiger partial charge >= 0.3 is 5.97 Å². The molecular weight excluding hydrogens is 438 g/mol. The van der Waals surface area contributed by atoms with Crippen molar-refractivity contribution in [3.8, 4) is 11.3 Å². The summed E-state index contributed by atoms with van der Waals surface area (Å²) in [6.07, 6.45) is 1.52. The molecule has 1 fully saturated rings. The molecule has 0 N–H and O–H groups in total. The average Bonchev–Trinajstić information content (AvgIpc) is 3.33. The molecule has 0 bridgehead atoms. The zero-order valence-corrected chi connectivity index (χ0v) is 17.9. The lowest BCUT2D eigenvalue weighted by Crippen LogP contribution is -2.27. The lowest BCUT2D eigenvalue weighted by molar-refractivity contribution is -0.123. The first-order valence-corrected chi connectivity index (χ1v) is 10.4. The number of nitrogens with zero attached hydrogens (tertiary/aromatic N) is 1. The number of ether oxygens (including phenoxy) is 1. The average molecular weight is 454 g/mol. The Kier molecular flexibility index (Phi) is 5.97. The Morgan fingerprint density at radius 2 is 1.94 bits per heavy atom. The summed E-state index contributed by atoms with van der Waals surface area (Å²) in [5, 5.41) is 0.175. The number of carbonyl (C=O) groups excluding carboxylic acids is 3. The van der Waals surface area contributed by atoms with Crippen molar-refractivity contribution < 1.29 is 23.5 Å². The Labute approximate surface area is 187 Å². The third-order valence-corrected chi connectivity index (χ3v) is 5.74. The Balaban J connectivity index is 1.57. The van der Waals surface area contributed by atoms with Gasteiger partial charge in [0.2, 0.25) is 0 Å². The Bertz CT molecular complexity index is 1220. The van der Waals surface area contributed by atoms with E-state index in [2.05, 4.69) is 0 Å².